The van der Waals surface area contributed by atoms with Gasteiger partial charge in [-0.05, 0) is 42.3 Å². The molecule has 6 heteroatoms. The molecule has 2 aromatic rings. The van der Waals surface area contributed by atoms with Gasteiger partial charge in [0.05, 0.1) is 11.3 Å². The van der Waals surface area contributed by atoms with Gasteiger partial charge in [0.25, 0.3) is 0 Å². The van der Waals surface area contributed by atoms with E-state index in [2.05, 4.69) is 5.32 Å². The highest BCUT2D eigenvalue weighted by Crippen LogP contribution is 2.38. The van der Waals surface area contributed by atoms with Crippen LogP contribution >= 0.6 is 11.6 Å². The van der Waals surface area contributed by atoms with Crippen LogP contribution in [-0.2, 0) is 11.2 Å². The Morgan fingerprint density at radius 1 is 1.30 bits per heavy atom. The van der Waals surface area contributed by atoms with Crippen LogP contribution in [0.1, 0.15) is 11.3 Å². The zero-order valence-electron chi connectivity index (χ0n) is 12.4. The molecule has 0 spiro atoms. The van der Waals surface area contributed by atoms with Gasteiger partial charge in [-0.25, -0.2) is 0 Å². The molecule has 1 N–H and O–H groups in total. The van der Waals surface area contributed by atoms with Gasteiger partial charge < -0.3 is 19.2 Å². The van der Waals surface area contributed by atoms with Crippen molar-refractivity contribution in [1.82, 2.24) is 5.32 Å². The molecule has 1 amide bonds. The van der Waals surface area contributed by atoms with Crippen molar-refractivity contribution in [2.24, 2.45) is 0 Å². The molecule has 2 heterocycles. The maximum Gasteiger partial charge on any atom is 0.244 e. The molecule has 23 heavy (non-hydrogen) atoms. The lowest BCUT2D eigenvalue weighted by molar-refractivity contribution is -0.116. The molecule has 0 saturated carbocycles. The summed E-state index contributed by atoms with van der Waals surface area (Å²) in [7, 11) is 0. The van der Waals surface area contributed by atoms with Crippen molar-refractivity contribution in [1.29, 1.82) is 0 Å². The number of nitrogens with one attached hydrogen (secondary N) is 1. The van der Waals surface area contributed by atoms with Crippen LogP contribution < -0.4 is 14.8 Å². The number of carbonyl (C=O) groups excluding carboxylic acids is 1. The van der Waals surface area contributed by atoms with Gasteiger partial charge in [0.1, 0.15) is 19.0 Å². The van der Waals surface area contributed by atoms with Gasteiger partial charge in [-0.1, -0.05) is 11.6 Å². The second-order valence-electron chi connectivity index (χ2n) is 4.99. The van der Waals surface area contributed by atoms with Gasteiger partial charge in [0.2, 0.25) is 5.91 Å². The van der Waals surface area contributed by atoms with Gasteiger partial charge >= 0.3 is 0 Å². The summed E-state index contributed by atoms with van der Waals surface area (Å²) in [6, 6.07) is 7.27. The van der Waals surface area contributed by atoms with Crippen molar-refractivity contribution in [2.45, 2.75) is 6.42 Å². The van der Waals surface area contributed by atoms with Crippen molar-refractivity contribution >= 4 is 23.6 Å². The first-order valence-electron chi connectivity index (χ1n) is 7.30. The smallest absolute Gasteiger partial charge is 0.244 e. The Morgan fingerprint density at radius 2 is 2.17 bits per heavy atom. The Kier molecular flexibility index (Phi) is 4.88. The summed E-state index contributed by atoms with van der Waals surface area (Å²) in [6.07, 6.45) is 5.27. The summed E-state index contributed by atoms with van der Waals surface area (Å²) < 4.78 is 16.1. The topological polar surface area (TPSA) is 60.7 Å². The number of benzene rings is 1. The van der Waals surface area contributed by atoms with E-state index in [4.69, 9.17) is 25.5 Å². The molecule has 1 aromatic heterocycles. The maximum atomic E-state index is 11.7. The predicted octanol–water partition coefficient (Wildman–Crippen LogP) is 3.08. The van der Waals surface area contributed by atoms with Gasteiger partial charge in [0, 0.05) is 12.6 Å². The Hall–Kier alpha value is -2.40. The predicted molar refractivity (Wildman–Crippen MR) is 86.9 cm³/mol. The monoisotopic (exact) mass is 333 g/mol. The highest BCUT2D eigenvalue weighted by atomic mass is 35.5. The molecule has 120 valence electrons. The Morgan fingerprint density at radius 3 is 3.00 bits per heavy atom. The summed E-state index contributed by atoms with van der Waals surface area (Å²) in [6.45, 7) is 1.52. The summed E-state index contributed by atoms with van der Waals surface area (Å²) in [5.41, 5.74) is 0.981. The normalized spacial score (nSPS) is 13.3. The molecule has 0 bridgehead atoms. The number of amides is 1. The Balaban J connectivity index is 1.52. The standard InChI is InChI=1S/C17H16ClNO4/c18-14-10-12(11-15-17(14)23-9-8-22-15)5-6-19-16(20)4-3-13-2-1-7-21-13/h1-4,7,10-11H,5-6,8-9H2,(H,19,20)/b4-3+. The molecule has 1 aliphatic heterocycles. The summed E-state index contributed by atoms with van der Waals surface area (Å²) >= 11 is 6.18. The van der Waals surface area contributed by atoms with Gasteiger partial charge in [-0.2, -0.15) is 0 Å². The molecule has 5 nitrogen and oxygen atoms in total. The van der Waals surface area contributed by atoms with Crippen LogP contribution in [-0.4, -0.2) is 25.7 Å². The molecule has 1 aliphatic rings. The second-order valence-corrected chi connectivity index (χ2v) is 5.40. The molecule has 0 fully saturated rings. The van der Waals surface area contributed by atoms with E-state index in [0.29, 0.717) is 48.5 Å². The van der Waals surface area contributed by atoms with E-state index in [1.54, 1.807) is 24.5 Å². The van der Waals surface area contributed by atoms with E-state index in [-0.39, 0.29) is 5.91 Å². The van der Waals surface area contributed by atoms with Crippen molar-refractivity contribution in [2.75, 3.05) is 19.8 Å². The average molecular weight is 334 g/mol. The summed E-state index contributed by atoms with van der Waals surface area (Å²) in [4.78, 5) is 11.7. The lowest BCUT2D eigenvalue weighted by Crippen LogP contribution is -2.23. The van der Waals surface area contributed by atoms with E-state index in [9.17, 15) is 4.79 Å². The summed E-state index contributed by atoms with van der Waals surface area (Å²) in [5, 5.41) is 3.34. The quantitative estimate of drug-likeness (QED) is 0.854. The number of carbonyl (C=O) groups is 1. The minimum Gasteiger partial charge on any atom is -0.486 e. The SMILES string of the molecule is O=C(/C=C/c1ccco1)NCCc1cc(Cl)c2c(c1)OCCO2. The average Bonchev–Trinajstić information content (AvgIpc) is 3.06. The minimum absolute atomic E-state index is 0.176. The molecule has 1 aromatic carbocycles. The second kappa shape index (κ2) is 7.24. The van der Waals surface area contributed by atoms with Crippen LogP contribution in [0.4, 0.5) is 0 Å². The van der Waals surface area contributed by atoms with Crippen LogP contribution in [0.3, 0.4) is 0 Å². The Bertz CT molecular complexity index is 710. The molecular weight excluding hydrogens is 318 g/mol. The number of ether oxygens (including phenoxy) is 2. The van der Waals surface area contributed by atoms with Crippen LogP contribution in [0.15, 0.2) is 41.0 Å². The fourth-order valence-corrected chi connectivity index (χ4v) is 2.53. The van der Waals surface area contributed by atoms with E-state index in [1.807, 2.05) is 12.1 Å². The highest BCUT2D eigenvalue weighted by molar-refractivity contribution is 6.32. The largest absolute Gasteiger partial charge is 0.486 e. The van der Waals surface area contributed by atoms with Gasteiger partial charge in [0.15, 0.2) is 11.5 Å². The van der Waals surface area contributed by atoms with Crippen LogP contribution in [0.2, 0.25) is 5.02 Å². The number of rotatable bonds is 5. The summed E-state index contributed by atoms with van der Waals surface area (Å²) in [5.74, 6) is 1.71. The third-order valence-corrected chi connectivity index (χ3v) is 3.59. The third-order valence-electron chi connectivity index (χ3n) is 3.31. The van der Waals surface area contributed by atoms with E-state index in [0.717, 1.165) is 5.56 Å². The fourth-order valence-electron chi connectivity index (χ4n) is 2.24. The van der Waals surface area contributed by atoms with Crippen molar-refractivity contribution in [3.63, 3.8) is 0 Å². The number of fused-ring (bicyclic) bond motifs is 1. The molecular formula is C17H16ClNO4. The molecule has 0 unspecified atom stereocenters. The lowest BCUT2D eigenvalue weighted by Gasteiger charge is -2.20. The third kappa shape index (κ3) is 4.07. The molecule has 3 rings (SSSR count). The lowest BCUT2D eigenvalue weighted by atomic mass is 10.1. The van der Waals surface area contributed by atoms with Crippen molar-refractivity contribution in [3.8, 4) is 11.5 Å². The van der Waals surface area contributed by atoms with Crippen molar-refractivity contribution < 1.29 is 18.7 Å². The fraction of sp³-hybridized carbons (Fsp3) is 0.235. The first kappa shape index (κ1) is 15.5. The van der Waals surface area contributed by atoms with Crippen LogP contribution in [0.25, 0.3) is 6.08 Å². The van der Waals surface area contributed by atoms with Crippen molar-refractivity contribution in [3.05, 3.63) is 53.0 Å². The highest BCUT2D eigenvalue weighted by Gasteiger charge is 2.16. The zero-order chi connectivity index (χ0) is 16.1. The number of furan rings is 1. The van der Waals surface area contributed by atoms with E-state index < -0.39 is 0 Å². The number of hydrogen-bond acceptors (Lipinski definition) is 4. The maximum absolute atomic E-state index is 11.7. The first-order chi connectivity index (χ1) is 11.2. The zero-order valence-corrected chi connectivity index (χ0v) is 13.1. The van der Waals surface area contributed by atoms with E-state index in [1.165, 1.54) is 6.08 Å². The molecule has 0 radical (unpaired) electrons. The Labute approximate surface area is 138 Å². The number of hydrogen-bond donors (Lipinski definition) is 1. The van der Waals surface area contributed by atoms with Crippen LogP contribution in [0, 0.1) is 0 Å². The van der Waals surface area contributed by atoms with Gasteiger partial charge in [-0.15, -0.1) is 0 Å². The first-order valence-corrected chi connectivity index (χ1v) is 7.67. The molecule has 0 saturated heterocycles. The van der Waals surface area contributed by atoms with Gasteiger partial charge in [-0.3, -0.25) is 4.79 Å². The molecule has 0 atom stereocenters. The molecule has 0 aliphatic carbocycles. The minimum atomic E-state index is -0.176. The number of halogens is 1. The van der Waals surface area contributed by atoms with E-state index >= 15 is 0 Å². The van der Waals surface area contributed by atoms with Crippen LogP contribution in [0.5, 0.6) is 11.5 Å².